The number of hydrogen-bond acceptors (Lipinski definition) is 3. The third-order valence-corrected chi connectivity index (χ3v) is 4.22. The van der Waals surface area contributed by atoms with Crippen LogP contribution < -0.4 is 5.32 Å². The summed E-state index contributed by atoms with van der Waals surface area (Å²) in [5, 5.41) is 8.44. The summed E-state index contributed by atoms with van der Waals surface area (Å²) in [5.74, 6) is -1.48. The van der Waals surface area contributed by atoms with Crippen LogP contribution in [0, 0.1) is 11.6 Å². The molecule has 0 saturated heterocycles. The molecule has 0 radical (unpaired) electrons. The first kappa shape index (κ1) is 16.9. The first-order valence-corrected chi connectivity index (χ1v) is 8.29. The zero-order valence-electron chi connectivity index (χ0n) is 14.1. The van der Waals surface area contributed by atoms with E-state index in [1.165, 1.54) is 12.1 Å². The van der Waals surface area contributed by atoms with Crippen molar-refractivity contribution in [1.82, 2.24) is 10.5 Å². The van der Waals surface area contributed by atoms with Gasteiger partial charge in [-0.15, -0.1) is 0 Å². The zero-order valence-corrected chi connectivity index (χ0v) is 14.1. The normalized spacial score (nSPS) is 10.9. The lowest BCUT2D eigenvalue weighted by molar-refractivity contribution is 0.0951. The highest BCUT2D eigenvalue weighted by Gasteiger charge is 2.14. The van der Waals surface area contributed by atoms with Crippen molar-refractivity contribution in [3.05, 3.63) is 89.6 Å². The van der Waals surface area contributed by atoms with Gasteiger partial charge in [0.2, 0.25) is 0 Å². The summed E-state index contributed by atoms with van der Waals surface area (Å²) in [7, 11) is 0. The maximum Gasteiger partial charge on any atom is 0.252 e. The van der Waals surface area contributed by atoms with Crippen LogP contribution in [0.25, 0.3) is 22.1 Å². The molecule has 0 unspecified atom stereocenters. The first-order valence-electron chi connectivity index (χ1n) is 8.29. The van der Waals surface area contributed by atoms with Gasteiger partial charge in [0, 0.05) is 17.7 Å². The molecule has 3 aromatic carbocycles. The Balaban J connectivity index is 1.51. The van der Waals surface area contributed by atoms with Crippen molar-refractivity contribution in [2.24, 2.45) is 0 Å². The van der Waals surface area contributed by atoms with Gasteiger partial charge in [-0.3, -0.25) is 4.79 Å². The predicted molar refractivity (Wildman–Crippen MR) is 97.0 cm³/mol. The van der Waals surface area contributed by atoms with Crippen LogP contribution in [-0.2, 0) is 6.54 Å². The number of carbonyl (C=O) groups is 1. The Hall–Kier alpha value is -3.54. The SMILES string of the molecule is O=C(NCc1cc(-c2ccc(F)cc2F)on1)c1cccc2ccccc12. The largest absolute Gasteiger partial charge is 0.356 e. The van der Waals surface area contributed by atoms with Gasteiger partial charge >= 0.3 is 0 Å². The molecule has 0 atom stereocenters. The molecule has 27 heavy (non-hydrogen) atoms. The van der Waals surface area contributed by atoms with Crippen LogP contribution in [0.5, 0.6) is 0 Å². The Morgan fingerprint density at radius 3 is 2.67 bits per heavy atom. The number of carbonyl (C=O) groups excluding carboxylic acids is 1. The second-order valence-corrected chi connectivity index (χ2v) is 6.02. The van der Waals surface area contributed by atoms with Crippen LogP contribution in [0.1, 0.15) is 16.1 Å². The van der Waals surface area contributed by atoms with Gasteiger partial charge in [0.1, 0.15) is 17.3 Å². The molecule has 0 aliphatic rings. The van der Waals surface area contributed by atoms with E-state index >= 15 is 0 Å². The molecule has 1 N–H and O–H groups in total. The third kappa shape index (κ3) is 3.42. The van der Waals surface area contributed by atoms with Crippen molar-refractivity contribution in [3.8, 4) is 11.3 Å². The van der Waals surface area contributed by atoms with Crippen LogP contribution in [0.2, 0.25) is 0 Å². The van der Waals surface area contributed by atoms with E-state index in [2.05, 4.69) is 10.5 Å². The Kier molecular flexibility index (Phi) is 4.38. The minimum absolute atomic E-state index is 0.107. The van der Waals surface area contributed by atoms with Crippen molar-refractivity contribution in [3.63, 3.8) is 0 Å². The Morgan fingerprint density at radius 1 is 1.00 bits per heavy atom. The first-order chi connectivity index (χ1) is 13.1. The van der Waals surface area contributed by atoms with E-state index in [1.54, 1.807) is 6.07 Å². The van der Waals surface area contributed by atoms with Gasteiger partial charge in [0.15, 0.2) is 5.76 Å². The number of halogens is 2. The Morgan fingerprint density at radius 2 is 1.81 bits per heavy atom. The van der Waals surface area contributed by atoms with E-state index in [1.807, 2.05) is 36.4 Å². The molecule has 6 heteroatoms. The van der Waals surface area contributed by atoms with Crippen LogP contribution in [0.3, 0.4) is 0 Å². The quantitative estimate of drug-likeness (QED) is 0.571. The zero-order chi connectivity index (χ0) is 18.8. The van der Waals surface area contributed by atoms with Gasteiger partial charge < -0.3 is 9.84 Å². The van der Waals surface area contributed by atoms with Crippen LogP contribution >= 0.6 is 0 Å². The molecule has 4 nitrogen and oxygen atoms in total. The summed E-state index contributed by atoms with van der Waals surface area (Å²) in [4.78, 5) is 12.5. The van der Waals surface area contributed by atoms with E-state index in [0.717, 1.165) is 22.9 Å². The molecule has 0 aliphatic heterocycles. The highest BCUT2D eigenvalue weighted by Crippen LogP contribution is 2.24. The molecule has 1 aromatic heterocycles. The third-order valence-electron chi connectivity index (χ3n) is 4.22. The molecule has 0 spiro atoms. The maximum atomic E-state index is 13.8. The molecule has 4 aromatic rings. The van der Waals surface area contributed by atoms with Crippen LogP contribution in [-0.4, -0.2) is 11.1 Å². The molecule has 1 heterocycles. The molecular weight excluding hydrogens is 350 g/mol. The summed E-state index contributed by atoms with van der Waals surface area (Å²) < 4.78 is 32.0. The summed E-state index contributed by atoms with van der Waals surface area (Å²) in [6.07, 6.45) is 0. The van der Waals surface area contributed by atoms with Gasteiger partial charge in [-0.1, -0.05) is 41.6 Å². The Bertz CT molecular complexity index is 1130. The van der Waals surface area contributed by atoms with E-state index in [9.17, 15) is 13.6 Å². The number of aromatic nitrogens is 1. The second kappa shape index (κ2) is 6.99. The number of amides is 1. The maximum absolute atomic E-state index is 13.8. The lowest BCUT2D eigenvalue weighted by atomic mass is 10.0. The van der Waals surface area contributed by atoms with Crippen molar-refractivity contribution in [2.45, 2.75) is 6.54 Å². The second-order valence-electron chi connectivity index (χ2n) is 6.02. The lowest BCUT2D eigenvalue weighted by Gasteiger charge is -2.06. The van der Waals surface area contributed by atoms with Crippen molar-refractivity contribution >= 4 is 16.7 Å². The van der Waals surface area contributed by atoms with Crippen LogP contribution in [0.4, 0.5) is 8.78 Å². The van der Waals surface area contributed by atoms with Gasteiger partial charge in [-0.05, 0) is 29.0 Å². The molecule has 0 aliphatic carbocycles. The smallest absolute Gasteiger partial charge is 0.252 e. The number of rotatable bonds is 4. The average Bonchev–Trinajstić information content (AvgIpc) is 3.14. The fraction of sp³-hybridized carbons (Fsp3) is 0.0476. The summed E-state index contributed by atoms with van der Waals surface area (Å²) in [5.41, 5.74) is 1.10. The summed E-state index contributed by atoms with van der Waals surface area (Å²) in [6.45, 7) is 0.119. The van der Waals surface area contributed by atoms with Crippen molar-refractivity contribution in [2.75, 3.05) is 0 Å². The van der Waals surface area contributed by atoms with Crippen molar-refractivity contribution < 1.29 is 18.1 Å². The number of hydrogen-bond donors (Lipinski definition) is 1. The van der Waals surface area contributed by atoms with E-state index in [0.29, 0.717) is 11.3 Å². The predicted octanol–water partition coefficient (Wildman–Crippen LogP) is 4.70. The lowest BCUT2D eigenvalue weighted by Crippen LogP contribution is -2.23. The van der Waals surface area contributed by atoms with E-state index in [-0.39, 0.29) is 23.8 Å². The topological polar surface area (TPSA) is 55.1 Å². The summed E-state index contributed by atoms with van der Waals surface area (Å²) in [6, 6.07) is 17.8. The number of fused-ring (bicyclic) bond motifs is 1. The molecule has 0 fully saturated rings. The standard InChI is InChI=1S/C21H14F2N2O2/c22-14-8-9-18(19(23)10-14)20-11-15(25-27-20)12-24-21(26)17-7-3-5-13-4-1-2-6-16(13)17/h1-11H,12H2,(H,24,26). The van der Waals surface area contributed by atoms with Gasteiger partial charge in [-0.25, -0.2) is 8.78 Å². The van der Waals surface area contributed by atoms with E-state index in [4.69, 9.17) is 4.52 Å². The van der Waals surface area contributed by atoms with Crippen LogP contribution in [0.15, 0.2) is 71.3 Å². The molecule has 0 bridgehead atoms. The van der Waals surface area contributed by atoms with Gasteiger partial charge in [0.25, 0.3) is 5.91 Å². The number of nitrogens with one attached hydrogen (secondary N) is 1. The average molecular weight is 364 g/mol. The summed E-state index contributed by atoms with van der Waals surface area (Å²) >= 11 is 0. The number of nitrogens with zero attached hydrogens (tertiary/aromatic N) is 1. The Labute approximate surface area is 153 Å². The fourth-order valence-electron chi connectivity index (χ4n) is 2.90. The molecule has 0 saturated carbocycles. The fourth-order valence-corrected chi connectivity index (χ4v) is 2.90. The monoisotopic (exact) mass is 364 g/mol. The van der Waals surface area contributed by atoms with E-state index < -0.39 is 11.6 Å². The highest BCUT2D eigenvalue weighted by atomic mass is 19.1. The molecule has 4 rings (SSSR count). The van der Waals surface area contributed by atoms with Gasteiger partial charge in [-0.2, -0.15) is 0 Å². The molecule has 134 valence electrons. The number of benzene rings is 3. The highest BCUT2D eigenvalue weighted by molar-refractivity contribution is 6.06. The molecular formula is C21H14F2N2O2. The minimum Gasteiger partial charge on any atom is -0.356 e. The minimum atomic E-state index is -0.738. The van der Waals surface area contributed by atoms with Gasteiger partial charge in [0.05, 0.1) is 12.1 Å². The molecule has 1 amide bonds. The van der Waals surface area contributed by atoms with Crippen molar-refractivity contribution in [1.29, 1.82) is 0 Å².